The number of nitrogens with zero attached hydrogens (tertiary/aromatic N) is 4. The Bertz CT molecular complexity index is 1450. The Balaban J connectivity index is 1.04. The number of fused-ring (bicyclic) bond motifs is 2. The van der Waals surface area contributed by atoms with E-state index in [9.17, 15) is 9.18 Å². The number of allylic oxidation sites excluding steroid dienone is 2. The monoisotopic (exact) mass is 577 g/mol. The molecule has 1 atom stereocenters. The number of anilines is 1. The molecule has 3 N–H and O–H groups in total. The Labute approximate surface area is 243 Å². The van der Waals surface area contributed by atoms with Crippen molar-refractivity contribution >= 4 is 28.9 Å². The van der Waals surface area contributed by atoms with Crippen molar-refractivity contribution in [1.29, 1.82) is 0 Å². The smallest absolute Gasteiger partial charge is 0.258 e. The zero-order chi connectivity index (χ0) is 28.1. The predicted octanol–water partition coefficient (Wildman–Crippen LogP) is 3.79. The zero-order valence-corrected chi connectivity index (χ0v) is 23.7. The number of aromatic nitrogens is 1. The van der Waals surface area contributed by atoms with Gasteiger partial charge in [0, 0.05) is 55.6 Å². The lowest BCUT2D eigenvalue weighted by molar-refractivity contribution is 0.0760. The fraction of sp³-hybridized carbons (Fsp3) is 0.400. The van der Waals surface area contributed by atoms with Crippen molar-refractivity contribution in [3.8, 4) is 0 Å². The lowest BCUT2D eigenvalue weighted by Crippen LogP contribution is -2.44. The Morgan fingerprint density at radius 2 is 2.02 bits per heavy atom. The lowest BCUT2D eigenvalue weighted by Gasteiger charge is -2.39. The number of nitrogens with one attached hydrogen (secondary N) is 3. The number of piperidine rings is 1. The molecule has 214 valence electrons. The van der Waals surface area contributed by atoms with Gasteiger partial charge in [-0.2, -0.15) is 0 Å². The minimum Gasteiger partial charge on any atom is -0.492 e. The molecule has 5 aliphatic rings. The minimum absolute atomic E-state index is 0.0195. The summed E-state index contributed by atoms with van der Waals surface area (Å²) in [6.07, 6.45) is 8.90. The second-order valence-corrected chi connectivity index (χ2v) is 11.7. The number of pyridine rings is 1. The van der Waals surface area contributed by atoms with E-state index in [0.717, 1.165) is 67.3 Å². The van der Waals surface area contributed by atoms with Crippen LogP contribution in [-0.2, 0) is 4.74 Å². The maximum Gasteiger partial charge on any atom is 0.258 e. The molecule has 2 aromatic rings. The quantitative estimate of drug-likeness (QED) is 0.495. The first kappa shape index (κ1) is 26.5. The van der Waals surface area contributed by atoms with Gasteiger partial charge in [0.1, 0.15) is 23.6 Å². The third kappa shape index (κ3) is 4.68. The van der Waals surface area contributed by atoms with E-state index in [0.29, 0.717) is 19.7 Å². The largest absolute Gasteiger partial charge is 0.492 e. The summed E-state index contributed by atoms with van der Waals surface area (Å²) in [5, 5.41) is 2.21. The van der Waals surface area contributed by atoms with E-state index in [4.69, 9.17) is 21.3 Å². The van der Waals surface area contributed by atoms with Gasteiger partial charge in [0.25, 0.3) is 5.91 Å². The number of hydrogen-bond acceptors (Lipinski definition) is 8. The second kappa shape index (κ2) is 10.4. The predicted molar refractivity (Wildman–Crippen MR) is 155 cm³/mol. The summed E-state index contributed by atoms with van der Waals surface area (Å²) in [7, 11) is 0. The lowest BCUT2D eigenvalue weighted by atomic mass is 9.78. The third-order valence-electron chi connectivity index (χ3n) is 8.91. The summed E-state index contributed by atoms with van der Waals surface area (Å²) in [5.41, 5.74) is 14.5. The highest BCUT2D eigenvalue weighted by Crippen LogP contribution is 2.42. The highest BCUT2D eigenvalue weighted by molar-refractivity contribution is 6.33. The number of hydrogen-bond donors (Lipinski definition) is 3. The van der Waals surface area contributed by atoms with Gasteiger partial charge in [-0.05, 0) is 61.9 Å². The van der Waals surface area contributed by atoms with Gasteiger partial charge in [-0.25, -0.2) is 20.2 Å². The van der Waals surface area contributed by atoms with Crippen molar-refractivity contribution in [2.45, 2.75) is 32.4 Å². The van der Waals surface area contributed by atoms with E-state index >= 15 is 0 Å². The second-order valence-electron chi connectivity index (χ2n) is 11.3. The number of carbonyl (C=O) groups excluding carboxylic acids is 1. The van der Waals surface area contributed by atoms with Crippen LogP contribution in [0.3, 0.4) is 0 Å². The molecular weight excluding hydrogens is 545 g/mol. The average molecular weight is 578 g/mol. The van der Waals surface area contributed by atoms with Gasteiger partial charge >= 0.3 is 0 Å². The van der Waals surface area contributed by atoms with E-state index in [2.05, 4.69) is 39.4 Å². The maximum absolute atomic E-state index is 14.4. The van der Waals surface area contributed by atoms with E-state index in [1.807, 2.05) is 24.3 Å². The third-order valence-corrected chi connectivity index (χ3v) is 9.22. The molecule has 5 aliphatic heterocycles. The molecule has 0 aliphatic carbocycles. The molecular formula is C30H33ClFN7O2. The van der Waals surface area contributed by atoms with Crippen LogP contribution in [-0.4, -0.2) is 66.3 Å². The first-order valence-electron chi connectivity index (χ1n) is 14.2. The molecule has 41 heavy (non-hydrogen) atoms. The molecule has 0 bridgehead atoms. The molecule has 11 heteroatoms. The van der Waals surface area contributed by atoms with Crippen LogP contribution in [0.25, 0.3) is 5.57 Å². The van der Waals surface area contributed by atoms with Gasteiger partial charge in [-0.15, -0.1) is 0 Å². The van der Waals surface area contributed by atoms with Crippen LogP contribution < -0.4 is 21.2 Å². The van der Waals surface area contributed by atoms with Crippen molar-refractivity contribution in [2.24, 2.45) is 5.41 Å². The molecule has 1 aromatic carbocycles. The number of hydrazine groups is 2. The van der Waals surface area contributed by atoms with Crippen LogP contribution in [0.5, 0.6) is 0 Å². The average Bonchev–Trinajstić information content (AvgIpc) is 3.69. The van der Waals surface area contributed by atoms with Gasteiger partial charge < -0.3 is 14.5 Å². The Morgan fingerprint density at radius 3 is 2.78 bits per heavy atom. The van der Waals surface area contributed by atoms with Crippen molar-refractivity contribution in [1.82, 2.24) is 31.2 Å². The number of carbonyl (C=O) groups is 1. The van der Waals surface area contributed by atoms with Gasteiger partial charge in [0.15, 0.2) is 0 Å². The molecule has 3 saturated heterocycles. The van der Waals surface area contributed by atoms with Crippen LogP contribution >= 0.6 is 11.6 Å². The van der Waals surface area contributed by atoms with Crippen LogP contribution in [0.4, 0.5) is 10.2 Å². The van der Waals surface area contributed by atoms with Crippen molar-refractivity contribution in [2.75, 3.05) is 44.2 Å². The molecule has 0 saturated carbocycles. The first-order valence-corrected chi connectivity index (χ1v) is 14.6. The number of halogens is 2. The molecule has 0 radical (unpaired) electrons. The molecule has 1 amide bonds. The number of likely N-dealkylation sites (tertiary alicyclic amines) is 1. The van der Waals surface area contributed by atoms with Crippen molar-refractivity contribution in [3.05, 3.63) is 87.8 Å². The SMILES string of the molecule is CCOC1=CN2NC3NNCC3=C2C(c2ccc(N3CCC4(CCN(C(=O)c5c(F)cccc5Cl)C4)CC3)nc2)=C1. The first-order chi connectivity index (χ1) is 19.9. The van der Waals surface area contributed by atoms with Gasteiger partial charge in [-0.3, -0.25) is 15.2 Å². The molecule has 6 heterocycles. The van der Waals surface area contributed by atoms with E-state index in [1.54, 1.807) is 11.0 Å². The van der Waals surface area contributed by atoms with Crippen LogP contribution in [0, 0.1) is 11.2 Å². The Hall–Kier alpha value is -3.44. The summed E-state index contributed by atoms with van der Waals surface area (Å²) in [4.78, 5) is 22.1. The maximum atomic E-state index is 14.4. The fourth-order valence-electron chi connectivity index (χ4n) is 6.69. The van der Waals surface area contributed by atoms with E-state index < -0.39 is 5.82 Å². The molecule has 1 unspecified atom stereocenters. The number of benzene rings is 1. The summed E-state index contributed by atoms with van der Waals surface area (Å²) in [5.74, 6) is 0.878. The van der Waals surface area contributed by atoms with E-state index in [-0.39, 0.29) is 28.1 Å². The minimum atomic E-state index is -0.563. The Morgan fingerprint density at radius 1 is 1.20 bits per heavy atom. The topological polar surface area (TPSA) is 85.0 Å². The molecule has 9 nitrogen and oxygen atoms in total. The fourth-order valence-corrected chi connectivity index (χ4v) is 6.94. The molecule has 1 aromatic heterocycles. The Kier molecular flexibility index (Phi) is 6.73. The van der Waals surface area contributed by atoms with Gasteiger partial charge in [-0.1, -0.05) is 17.7 Å². The normalized spacial score (nSPS) is 23.1. The molecule has 1 spiro atoms. The summed E-state index contributed by atoms with van der Waals surface area (Å²) in [6.45, 7) is 6.32. The summed E-state index contributed by atoms with van der Waals surface area (Å²) in [6, 6.07) is 8.61. The van der Waals surface area contributed by atoms with Crippen molar-refractivity contribution in [3.63, 3.8) is 0 Å². The number of rotatable bonds is 5. The zero-order valence-electron chi connectivity index (χ0n) is 22.9. The standard InChI is InChI=1S/C30H33ClFN7O2/c1-2-41-20-14-21(27-22-16-34-35-28(22)36-39(27)17-20)19-6-7-25(33-15-19)37-11-8-30(9-12-37)10-13-38(18-30)29(40)26-23(31)4-3-5-24(26)32/h3-7,14-15,17,28,34-36H,2,8-13,16,18H2,1H3. The molecule has 7 rings (SSSR count). The van der Waals surface area contributed by atoms with Gasteiger partial charge in [0.2, 0.25) is 0 Å². The number of ether oxygens (including phenoxy) is 1. The number of amides is 1. The summed E-state index contributed by atoms with van der Waals surface area (Å²) >= 11 is 6.17. The highest BCUT2D eigenvalue weighted by Gasteiger charge is 2.43. The van der Waals surface area contributed by atoms with Crippen molar-refractivity contribution < 1.29 is 13.9 Å². The van der Waals surface area contributed by atoms with E-state index in [1.165, 1.54) is 17.7 Å². The molecule has 3 fully saturated rings. The van der Waals surface area contributed by atoms with Gasteiger partial charge in [0.05, 0.1) is 29.1 Å². The summed E-state index contributed by atoms with van der Waals surface area (Å²) < 4.78 is 20.2. The van der Waals surface area contributed by atoms with Crippen LogP contribution in [0.15, 0.2) is 65.8 Å². The van der Waals surface area contributed by atoms with Crippen LogP contribution in [0.1, 0.15) is 42.1 Å². The highest BCUT2D eigenvalue weighted by atomic mass is 35.5. The van der Waals surface area contributed by atoms with Crippen LogP contribution in [0.2, 0.25) is 5.02 Å².